The van der Waals surface area contributed by atoms with E-state index >= 15 is 0 Å². The third-order valence-corrected chi connectivity index (χ3v) is 6.25. The van der Waals surface area contributed by atoms with Crippen molar-refractivity contribution in [2.45, 2.75) is 30.6 Å². The minimum Gasteiger partial charge on any atom is -0.211 e. The molecule has 0 bridgehead atoms. The molecule has 1 aromatic carbocycles. The molecule has 0 unspecified atom stereocenters. The predicted molar refractivity (Wildman–Crippen MR) is 94.4 cm³/mol. The molecule has 0 aliphatic heterocycles. The van der Waals surface area contributed by atoms with Crippen molar-refractivity contribution < 1.29 is 8.42 Å². The van der Waals surface area contributed by atoms with Gasteiger partial charge in [-0.05, 0) is 51.4 Å². The molecule has 0 aliphatic rings. The fourth-order valence-corrected chi connectivity index (χ4v) is 4.65. The van der Waals surface area contributed by atoms with Crippen molar-refractivity contribution in [3.8, 4) is 0 Å². The lowest BCUT2D eigenvalue weighted by Crippen LogP contribution is -2.25. The molecule has 1 rings (SSSR count). The summed E-state index contributed by atoms with van der Waals surface area (Å²) in [6, 6.07) is 5.12. The van der Waals surface area contributed by atoms with E-state index in [9.17, 15) is 8.42 Å². The molecule has 0 amide bonds. The Kier molecular flexibility index (Phi) is 8.43. The molecule has 7 heteroatoms. The van der Waals surface area contributed by atoms with E-state index in [2.05, 4.69) is 59.2 Å². The fourth-order valence-electron chi connectivity index (χ4n) is 1.54. The third kappa shape index (κ3) is 6.41. The second-order valence-electron chi connectivity index (χ2n) is 4.08. The van der Waals surface area contributed by atoms with Gasteiger partial charge in [-0.15, -0.1) is 0 Å². The Hall–Kier alpha value is 0.820. The highest BCUT2D eigenvalue weighted by atomic mass is 127. The van der Waals surface area contributed by atoms with Crippen LogP contribution in [-0.2, 0) is 10.0 Å². The Morgan fingerprint density at radius 3 is 2.47 bits per heavy atom. The SMILES string of the molecule is O=S(=O)(NCCCCCCI)c1cc(Br)ccc1Br. The Balaban J connectivity index is 2.54. The Morgan fingerprint density at radius 1 is 1.11 bits per heavy atom. The van der Waals surface area contributed by atoms with Gasteiger partial charge in [-0.3, -0.25) is 0 Å². The first-order chi connectivity index (χ1) is 8.97. The highest BCUT2D eigenvalue weighted by Crippen LogP contribution is 2.25. The summed E-state index contributed by atoms with van der Waals surface area (Å²) >= 11 is 8.91. The third-order valence-electron chi connectivity index (χ3n) is 2.54. The van der Waals surface area contributed by atoms with Crippen LogP contribution in [0.5, 0.6) is 0 Å². The number of alkyl halides is 1. The molecule has 0 aromatic heterocycles. The van der Waals surface area contributed by atoms with Crippen molar-refractivity contribution in [3.63, 3.8) is 0 Å². The van der Waals surface area contributed by atoms with Crippen LogP contribution in [0.15, 0.2) is 32.0 Å². The standard InChI is InChI=1S/C12H16Br2INO2S/c13-10-5-6-11(14)12(9-10)19(17,18)16-8-4-2-1-3-7-15/h5-6,9,16H,1-4,7-8H2. The zero-order chi connectivity index (χ0) is 14.3. The van der Waals surface area contributed by atoms with Crippen LogP contribution >= 0.6 is 54.5 Å². The molecule has 0 spiro atoms. The van der Waals surface area contributed by atoms with Gasteiger partial charge in [0, 0.05) is 15.5 Å². The molecule has 0 heterocycles. The van der Waals surface area contributed by atoms with E-state index in [1.807, 2.05) is 0 Å². The van der Waals surface area contributed by atoms with E-state index in [1.165, 1.54) is 6.42 Å². The van der Waals surface area contributed by atoms with Crippen LogP contribution in [0.25, 0.3) is 0 Å². The van der Waals surface area contributed by atoms with Gasteiger partial charge in [-0.2, -0.15) is 0 Å². The molecule has 0 saturated heterocycles. The van der Waals surface area contributed by atoms with E-state index in [0.29, 0.717) is 11.0 Å². The average molecular weight is 525 g/mol. The fraction of sp³-hybridized carbons (Fsp3) is 0.500. The zero-order valence-electron chi connectivity index (χ0n) is 10.3. The Labute approximate surface area is 145 Å². The van der Waals surface area contributed by atoms with E-state index in [4.69, 9.17) is 0 Å². The lowest BCUT2D eigenvalue weighted by atomic mass is 10.2. The van der Waals surface area contributed by atoms with Crippen molar-refractivity contribution in [1.29, 1.82) is 0 Å². The van der Waals surface area contributed by atoms with E-state index in [0.717, 1.165) is 28.2 Å². The first-order valence-corrected chi connectivity index (χ1v) is 10.6. The van der Waals surface area contributed by atoms with Gasteiger partial charge < -0.3 is 0 Å². The molecule has 0 atom stereocenters. The highest BCUT2D eigenvalue weighted by Gasteiger charge is 2.17. The molecule has 108 valence electrons. The van der Waals surface area contributed by atoms with Crippen LogP contribution in [0.1, 0.15) is 25.7 Å². The highest BCUT2D eigenvalue weighted by molar-refractivity contribution is 14.1. The molecule has 0 fully saturated rings. The van der Waals surface area contributed by atoms with Crippen molar-refractivity contribution >= 4 is 64.5 Å². The number of unbranched alkanes of at least 4 members (excludes halogenated alkanes) is 3. The first-order valence-electron chi connectivity index (χ1n) is 5.98. The molecule has 0 aliphatic carbocycles. The van der Waals surface area contributed by atoms with Gasteiger partial charge in [0.15, 0.2) is 0 Å². The second-order valence-corrected chi connectivity index (χ2v) is 8.66. The van der Waals surface area contributed by atoms with E-state index < -0.39 is 10.0 Å². The van der Waals surface area contributed by atoms with Gasteiger partial charge in [0.05, 0.1) is 4.90 Å². The Morgan fingerprint density at radius 2 is 1.79 bits per heavy atom. The van der Waals surface area contributed by atoms with Crippen LogP contribution in [0.4, 0.5) is 0 Å². The van der Waals surface area contributed by atoms with Gasteiger partial charge in [-0.1, -0.05) is 51.4 Å². The summed E-state index contributed by atoms with van der Waals surface area (Å²) in [7, 11) is -3.43. The number of nitrogens with one attached hydrogen (secondary N) is 1. The minimum atomic E-state index is -3.43. The maximum Gasteiger partial charge on any atom is 0.241 e. The van der Waals surface area contributed by atoms with Gasteiger partial charge in [0.1, 0.15) is 0 Å². The summed E-state index contributed by atoms with van der Waals surface area (Å²) in [5.74, 6) is 0. The van der Waals surface area contributed by atoms with Crippen LogP contribution < -0.4 is 4.72 Å². The number of sulfonamides is 1. The predicted octanol–water partition coefficient (Wildman–Crippen LogP) is 4.49. The van der Waals surface area contributed by atoms with Crippen molar-refractivity contribution in [3.05, 3.63) is 27.1 Å². The van der Waals surface area contributed by atoms with E-state index in [-0.39, 0.29) is 4.90 Å². The minimum absolute atomic E-state index is 0.272. The summed E-state index contributed by atoms with van der Waals surface area (Å²) < 4.78 is 29.4. The number of rotatable bonds is 8. The molecule has 0 radical (unpaired) electrons. The van der Waals surface area contributed by atoms with Crippen molar-refractivity contribution in [1.82, 2.24) is 4.72 Å². The lowest BCUT2D eigenvalue weighted by molar-refractivity contribution is 0.573. The largest absolute Gasteiger partial charge is 0.241 e. The molecule has 0 saturated carbocycles. The smallest absolute Gasteiger partial charge is 0.211 e. The van der Waals surface area contributed by atoms with Gasteiger partial charge in [-0.25, -0.2) is 13.1 Å². The molecule has 1 N–H and O–H groups in total. The summed E-state index contributed by atoms with van der Waals surface area (Å²) in [4.78, 5) is 0.272. The molecule has 19 heavy (non-hydrogen) atoms. The monoisotopic (exact) mass is 523 g/mol. The number of hydrogen-bond donors (Lipinski definition) is 1. The van der Waals surface area contributed by atoms with Crippen LogP contribution in [-0.4, -0.2) is 19.4 Å². The van der Waals surface area contributed by atoms with Gasteiger partial charge >= 0.3 is 0 Å². The van der Waals surface area contributed by atoms with Crippen molar-refractivity contribution in [2.24, 2.45) is 0 Å². The molecular formula is C12H16Br2INO2S. The number of hydrogen-bond acceptors (Lipinski definition) is 2. The Bertz CT molecular complexity index is 508. The van der Waals surface area contributed by atoms with Crippen LogP contribution in [0.2, 0.25) is 0 Å². The van der Waals surface area contributed by atoms with Crippen LogP contribution in [0.3, 0.4) is 0 Å². The summed E-state index contributed by atoms with van der Waals surface area (Å²) in [5.41, 5.74) is 0. The molecule has 1 aromatic rings. The quantitative estimate of drug-likeness (QED) is 0.309. The summed E-state index contributed by atoms with van der Waals surface area (Å²) in [6.07, 6.45) is 4.29. The average Bonchev–Trinajstić information content (AvgIpc) is 2.36. The second kappa shape index (κ2) is 8.96. The van der Waals surface area contributed by atoms with Gasteiger partial charge in [0.2, 0.25) is 10.0 Å². The first kappa shape index (κ1) is 17.9. The topological polar surface area (TPSA) is 46.2 Å². The lowest BCUT2D eigenvalue weighted by Gasteiger charge is -2.08. The van der Waals surface area contributed by atoms with E-state index in [1.54, 1.807) is 18.2 Å². The maximum atomic E-state index is 12.1. The normalized spacial score (nSPS) is 11.7. The number of benzene rings is 1. The van der Waals surface area contributed by atoms with Crippen LogP contribution in [0, 0.1) is 0 Å². The summed E-state index contributed by atoms with van der Waals surface area (Å²) in [6.45, 7) is 0.489. The number of halogens is 3. The summed E-state index contributed by atoms with van der Waals surface area (Å²) in [5, 5.41) is 0. The van der Waals surface area contributed by atoms with Gasteiger partial charge in [0.25, 0.3) is 0 Å². The molecule has 3 nitrogen and oxygen atoms in total. The molecular weight excluding hydrogens is 509 g/mol. The zero-order valence-corrected chi connectivity index (χ0v) is 16.5. The maximum absolute atomic E-state index is 12.1. The van der Waals surface area contributed by atoms with Crippen molar-refractivity contribution in [2.75, 3.05) is 11.0 Å².